The summed E-state index contributed by atoms with van der Waals surface area (Å²) in [5.41, 5.74) is 4.00. The molecule has 0 aliphatic carbocycles. The molecule has 0 spiro atoms. The fourth-order valence-electron chi connectivity index (χ4n) is 4.27. The minimum atomic E-state index is 0.136. The SMILES string of the molecule is Cc1ccccc1-c1cn2c(C(=O)N3CCN4CCCC4C3)csc2n1. The van der Waals surface area contributed by atoms with Crippen LogP contribution in [0.3, 0.4) is 0 Å². The lowest BCUT2D eigenvalue weighted by molar-refractivity contribution is 0.0565. The molecule has 2 aliphatic rings. The van der Waals surface area contributed by atoms with E-state index in [4.69, 9.17) is 4.98 Å². The summed E-state index contributed by atoms with van der Waals surface area (Å²) >= 11 is 1.54. The molecule has 0 radical (unpaired) electrons. The van der Waals surface area contributed by atoms with E-state index >= 15 is 0 Å². The Bertz CT molecular complexity index is 975. The number of fused-ring (bicyclic) bond motifs is 2. The molecule has 2 saturated heterocycles. The molecular weight excluding hydrogens is 344 g/mol. The first-order chi connectivity index (χ1) is 12.7. The van der Waals surface area contributed by atoms with Gasteiger partial charge in [-0.1, -0.05) is 24.3 Å². The van der Waals surface area contributed by atoms with Crippen LogP contribution in [0.4, 0.5) is 0 Å². The van der Waals surface area contributed by atoms with Gasteiger partial charge in [-0.05, 0) is 31.9 Å². The maximum absolute atomic E-state index is 13.1. The molecule has 26 heavy (non-hydrogen) atoms. The molecule has 1 amide bonds. The number of thiazole rings is 1. The van der Waals surface area contributed by atoms with E-state index < -0.39 is 0 Å². The second kappa shape index (κ2) is 6.21. The standard InChI is InChI=1S/C20H22N4OS/c1-14-5-2-3-7-16(14)17-12-24-18(13-26-20(24)21-17)19(25)23-10-9-22-8-4-6-15(22)11-23/h2-3,5,7,12-13,15H,4,6,8-11H2,1H3. The van der Waals surface area contributed by atoms with Crippen molar-refractivity contribution in [2.24, 2.45) is 0 Å². The van der Waals surface area contributed by atoms with Gasteiger partial charge in [0, 0.05) is 42.8 Å². The number of aryl methyl sites for hydroxylation is 1. The Hall–Kier alpha value is -2.18. The third-order valence-corrected chi connectivity index (χ3v) is 6.56. The molecule has 3 aromatic rings. The van der Waals surface area contributed by atoms with Gasteiger partial charge in [0.05, 0.1) is 5.69 Å². The zero-order chi connectivity index (χ0) is 17.7. The van der Waals surface area contributed by atoms with Crippen LogP contribution in [0.2, 0.25) is 0 Å². The van der Waals surface area contributed by atoms with Crippen LogP contribution in [0.25, 0.3) is 16.2 Å². The second-order valence-corrected chi connectivity index (χ2v) is 8.13. The van der Waals surface area contributed by atoms with Crippen molar-refractivity contribution in [2.45, 2.75) is 25.8 Å². The van der Waals surface area contributed by atoms with Gasteiger partial charge in [-0.15, -0.1) is 11.3 Å². The molecule has 5 nitrogen and oxygen atoms in total. The summed E-state index contributed by atoms with van der Waals surface area (Å²) in [4.78, 5) is 23.3. The van der Waals surface area contributed by atoms with Crippen LogP contribution in [0.15, 0.2) is 35.8 Å². The number of hydrogen-bond donors (Lipinski definition) is 0. The van der Waals surface area contributed by atoms with Crippen molar-refractivity contribution in [3.05, 3.63) is 47.1 Å². The molecule has 6 heteroatoms. The fraction of sp³-hybridized carbons (Fsp3) is 0.400. The Balaban J connectivity index is 1.46. The Labute approximate surface area is 156 Å². The Morgan fingerprint density at radius 1 is 1.23 bits per heavy atom. The summed E-state index contributed by atoms with van der Waals surface area (Å²) < 4.78 is 1.97. The fourth-order valence-corrected chi connectivity index (χ4v) is 5.11. The summed E-state index contributed by atoms with van der Waals surface area (Å²) in [7, 11) is 0. The summed E-state index contributed by atoms with van der Waals surface area (Å²) in [5.74, 6) is 0.136. The van der Waals surface area contributed by atoms with Crippen LogP contribution in [-0.4, -0.2) is 57.3 Å². The van der Waals surface area contributed by atoms with Gasteiger partial charge in [-0.25, -0.2) is 4.98 Å². The van der Waals surface area contributed by atoms with Gasteiger partial charge in [0.25, 0.3) is 5.91 Å². The van der Waals surface area contributed by atoms with Crippen molar-refractivity contribution in [2.75, 3.05) is 26.2 Å². The maximum Gasteiger partial charge on any atom is 0.271 e. The summed E-state index contributed by atoms with van der Waals surface area (Å²) in [6.07, 6.45) is 4.48. The number of imidazole rings is 1. The zero-order valence-electron chi connectivity index (χ0n) is 14.9. The molecule has 2 aliphatic heterocycles. The molecule has 0 saturated carbocycles. The van der Waals surface area contributed by atoms with E-state index in [1.807, 2.05) is 33.0 Å². The van der Waals surface area contributed by atoms with Gasteiger partial charge in [0.1, 0.15) is 5.69 Å². The van der Waals surface area contributed by atoms with Crippen molar-refractivity contribution >= 4 is 22.2 Å². The highest BCUT2D eigenvalue weighted by atomic mass is 32.1. The molecule has 0 N–H and O–H groups in total. The Morgan fingerprint density at radius 3 is 3.00 bits per heavy atom. The van der Waals surface area contributed by atoms with Gasteiger partial charge in [-0.2, -0.15) is 0 Å². The Kier molecular flexibility index (Phi) is 3.83. The van der Waals surface area contributed by atoms with Crippen molar-refractivity contribution in [3.8, 4) is 11.3 Å². The highest BCUT2D eigenvalue weighted by molar-refractivity contribution is 7.15. The molecule has 134 valence electrons. The highest BCUT2D eigenvalue weighted by Gasteiger charge is 2.33. The number of benzene rings is 1. The van der Waals surface area contributed by atoms with E-state index in [1.54, 1.807) is 11.3 Å². The number of aromatic nitrogens is 2. The lowest BCUT2D eigenvalue weighted by Gasteiger charge is -2.37. The normalized spacial score (nSPS) is 20.7. The van der Waals surface area contributed by atoms with Gasteiger partial charge >= 0.3 is 0 Å². The first kappa shape index (κ1) is 16.0. The van der Waals surface area contributed by atoms with E-state index in [0.29, 0.717) is 6.04 Å². The molecule has 1 unspecified atom stereocenters. The van der Waals surface area contributed by atoms with Gasteiger partial charge in [-0.3, -0.25) is 14.1 Å². The van der Waals surface area contributed by atoms with Crippen LogP contribution in [-0.2, 0) is 0 Å². The molecule has 1 aromatic carbocycles. The minimum absolute atomic E-state index is 0.136. The number of carbonyl (C=O) groups excluding carboxylic acids is 1. The van der Waals surface area contributed by atoms with Crippen LogP contribution in [0, 0.1) is 6.92 Å². The third kappa shape index (κ3) is 2.56. The van der Waals surface area contributed by atoms with E-state index in [-0.39, 0.29) is 5.91 Å². The van der Waals surface area contributed by atoms with Crippen molar-refractivity contribution in [1.82, 2.24) is 19.2 Å². The molecule has 1 atom stereocenters. The maximum atomic E-state index is 13.1. The average Bonchev–Trinajstić information content (AvgIpc) is 3.36. The van der Waals surface area contributed by atoms with Gasteiger partial charge in [0.2, 0.25) is 0 Å². The van der Waals surface area contributed by atoms with Crippen molar-refractivity contribution in [3.63, 3.8) is 0 Å². The average molecular weight is 366 g/mol. The van der Waals surface area contributed by atoms with Crippen molar-refractivity contribution < 1.29 is 4.79 Å². The first-order valence-electron chi connectivity index (χ1n) is 9.26. The van der Waals surface area contributed by atoms with E-state index in [2.05, 4.69) is 24.0 Å². The first-order valence-corrected chi connectivity index (χ1v) is 10.1. The van der Waals surface area contributed by atoms with Crippen LogP contribution in [0.5, 0.6) is 0 Å². The van der Waals surface area contributed by atoms with Crippen molar-refractivity contribution in [1.29, 1.82) is 0 Å². The topological polar surface area (TPSA) is 40.9 Å². The predicted octanol–water partition coefficient (Wildman–Crippen LogP) is 3.29. The number of rotatable bonds is 2. The number of hydrogen-bond acceptors (Lipinski definition) is 4. The molecule has 2 aromatic heterocycles. The van der Waals surface area contributed by atoms with E-state index in [9.17, 15) is 4.79 Å². The van der Waals surface area contributed by atoms with Crippen LogP contribution < -0.4 is 0 Å². The predicted molar refractivity (Wildman–Crippen MR) is 104 cm³/mol. The molecule has 2 fully saturated rings. The lowest BCUT2D eigenvalue weighted by Crippen LogP contribution is -2.52. The summed E-state index contributed by atoms with van der Waals surface area (Å²) in [5, 5.41) is 1.95. The number of piperazine rings is 1. The largest absolute Gasteiger partial charge is 0.334 e. The van der Waals surface area contributed by atoms with E-state index in [1.165, 1.54) is 24.9 Å². The lowest BCUT2D eigenvalue weighted by atomic mass is 10.1. The highest BCUT2D eigenvalue weighted by Crippen LogP contribution is 2.27. The Morgan fingerprint density at radius 2 is 2.12 bits per heavy atom. The molecule has 4 heterocycles. The quantitative estimate of drug-likeness (QED) is 0.699. The smallest absolute Gasteiger partial charge is 0.271 e. The monoisotopic (exact) mass is 366 g/mol. The van der Waals surface area contributed by atoms with Gasteiger partial charge in [0.15, 0.2) is 4.96 Å². The van der Waals surface area contributed by atoms with E-state index in [0.717, 1.165) is 41.5 Å². The minimum Gasteiger partial charge on any atom is -0.334 e. The molecule has 5 rings (SSSR count). The molecule has 0 bridgehead atoms. The molecular formula is C20H22N4OS. The zero-order valence-corrected chi connectivity index (χ0v) is 15.7. The van der Waals surface area contributed by atoms with Crippen LogP contribution >= 0.6 is 11.3 Å². The third-order valence-electron chi connectivity index (χ3n) is 5.72. The number of carbonyl (C=O) groups is 1. The summed E-state index contributed by atoms with van der Waals surface area (Å²) in [6.45, 7) is 5.97. The summed E-state index contributed by atoms with van der Waals surface area (Å²) in [6, 6.07) is 8.79. The van der Waals surface area contributed by atoms with Gasteiger partial charge < -0.3 is 4.90 Å². The number of nitrogens with zero attached hydrogens (tertiary/aromatic N) is 4. The number of amides is 1. The van der Waals surface area contributed by atoms with Crippen LogP contribution in [0.1, 0.15) is 28.9 Å². The second-order valence-electron chi connectivity index (χ2n) is 7.30.